The van der Waals surface area contributed by atoms with E-state index in [1.54, 1.807) is 26.3 Å². The summed E-state index contributed by atoms with van der Waals surface area (Å²) in [6.45, 7) is 0.242. The number of methoxy groups -OCH3 is 1. The molecule has 110 valence electrons. The summed E-state index contributed by atoms with van der Waals surface area (Å²) in [6.07, 6.45) is 4.72. The van der Waals surface area contributed by atoms with Gasteiger partial charge in [-0.25, -0.2) is 0 Å². The first-order valence-corrected chi connectivity index (χ1v) is 7.25. The van der Waals surface area contributed by atoms with Crippen LogP contribution in [0.4, 0.5) is 0 Å². The Balaban J connectivity index is 2.24. The summed E-state index contributed by atoms with van der Waals surface area (Å²) in [5, 5.41) is 3.23. The molecule has 0 unspecified atom stereocenters. The Morgan fingerprint density at radius 1 is 1.35 bits per heavy atom. The molecule has 1 aromatic carbocycles. The molecule has 0 spiro atoms. The van der Waals surface area contributed by atoms with E-state index < -0.39 is 0 Å². The molecule has 1 aliphatic rings. The second-order valence-corrected chi connectivity index (χ2v) is 5.37. The number of hydrogen-bond acceptors (Lipinski definition) is 4. The molecule has 0 radical (unpaired) electrons. The molecule has 0 amide bonds. The highest BCUT2D eigenvalue weighted by Gasteiger charge is 2.21. The van der Waals surface area contributed by atoms with Crippen LogP contribution < -0.4 is 14.8 Å². The lowest BCUT2D eigenvalue weighted by Crippen LogP contribution is -2.19. The summed E-state index contributed by atoms with van der Waals surface area (Å²) in [7, 11) is 3.29. The Kier molecular flexibility index (Phi) is 5.26. The largest absolute Gasteiger partial charge is 0.493 e. The molecule has 0 atom stereocenters. The topological polar surface area (TPSA) is 47.6 Å². The SMILES string of the molecule is CNCC(=O)c1cc(OC)c(OC2CCCC2)cc1Cl. The maximum atomic E-state index is 11.9. The third kappa shape index (κ3) is 3.44. The first kappa shape index (κ1) is 15.1. The molecule has 0 aromatic heterocycles. The standard InChI is InChI=1S/C15H20ClNO3/c1-17-9-13(18)11-7-14(19-2)15(8-12(11)16)20-10-5-3-4-6-10/h7-8,10,17H,3-6,9H2,1-2H3. The molecular weight excluding hydrogens is 278 g/mol. The number of halogens is 1. The number of ether oxygens (including phenoxy) is 2. The fourth-order valence-corrected chi connectivity index (χ4v) is 2.70. The Hall–Kier alpha value is -1.26. The molecule has 1 saturated carbocycles. The second kappa shape index (κ2) is 6.95. The second-order valence-electron chi connectivity index (χ2n) is 4.96. The van der Waals surface area contributed by atoms with Gasteiger partial charge in [0.15, 0.2) is 17.3 Å². The van der Waals surface area contributed by atoms with Crippen LogP contribution in [0.3, 0.4) is 0 Å². The van der Waals surface area contributed by atoms with Gasteiger partial charge in [0, 0.05) is 11.6 Å². The van der Waals surface area contributed by atoms with Gasteiger partial charge in [0.25, 0.3) is 0 Å². The fourth-order valence-electron chi connectivity index (χ4n) is 2.44. The zero-order chi connectivity index (χ0) is 14.5. The number of nitrogens with one attached hydrogen (secondary N) is 1. The van der Waals surface area contributed by atoms with Gasteiger partial charge in [0.2, 0.25) is 0 Å². The highest BCUT2D eigenvalue weighted by atomic mass is 35.5. The number of carbonyl (C=O) groups excluding carboxylic acids is 1. The Labute approximate surface area is 124 Å². The minimum absolute atomic E-state index is 0.0665. The van der Waals surface area contributed by atoms with Crippen LogP contribution >= 0.6 is 11.6 Å². The molecule has 0 saturated heterocycles. The summed E-state index contributed by atoms with van der Waals surface area (Å²) in [4.78, 5) is 11.9. The van der Waals surface area contributed by atoms with Crippen LogP contribution in [0.1, 0.15) is 36.0 Å². The van der Waals surface area contributed by atoms with Crippen LogP contribution in [0.25, 0.3) is 0 Å². The lowest BCUT2D eigenvalue weighted by Gasteiger charge is -2.17. The van der Waals surface area contributed by atoms with Crippen molar-refractivity contribution in [1.29, 1.82) is 0 Å². The predicted octanol–water partition coefficient (Wildman–Crippen LogP) is 3.07. The van der Waals surface area contributed by atoms with Crippen molar-refractivity contribution >= 4 is 17.4 Å². The number of benzene rings is 1. The van der Waals surface area contributed by atoms with Gasteiger partial charge in [-0.1, -0.05) is 11.6 Å². The van der Waals surface area contributed by atoms with E-state index >= 15 is 0 Å². The van der Waals surface area contributed by atoms with E-state index in [9.17, 15) is 4.79 Å². The number of carbonyl (C=O) groups is 1. The molecular formula is C15H20ClNO3. The number of likely N-dealkylation sites (N-methyl/N-ethyl adjacent to an activating group) is 1. The van der Waals surface area contributed by atoms with Gasteiger partial charge in [-0.2, -0.15) is 0 Å². The molecule has 1 fully saturated rings. The molecule has 0 aliphatic heterocycles. The van der Waals surface area contributed by atoms with Gasteiger partial charge in [-0.15, -0.1) is 0 Å². The molecule has 1 aromatic rings. The zero-order valence-corrected chi connectivity index (χ0v) is 12.6. The van der Waals surface area contributed by atoms with Crippen molar-refractivity contribution in [3.8, 4) is 11.5 Å². The average molecular weight is 298 g/mol. The summed E-state index contributed by atoms with van der Waals surface area (Å²) >= 11 is 6.19. The number of hydrogen-bond donors (Lipinski definition) is 1. The zero-order valence-electron chi connectivity index (χ0n) is 11.9. The fraction of sp³-hybridized carbons (Fsp3) is 0.533. The van der Waals surface area contributed by atoms with Crippen LogP contribution in [-0.4, -0.2) is 32.6 Å². The molecule has 1 N–H and O–H groups in total. The summed E-state index contributed by atoms with van der Waals surface area (Å²) in [6, 6.07) is 3.34. The maximum Gasteiger partial charge on any atom is 0.178 e. The molecule has 5 heteroatoms. The summed E-state index contributed by atoms with van der Waals surface area (Å²) in [5.41, 5.74) is 0.455. The Bertz CT molecular complexity index is 484. The van der Waals surface area contributed by atoms with Crippen molar-refractivity contribution in [3.63, 3.8) is 0 Å². The van der Waals surface area contributed by atoms with Gasteiger partial charge in [0.1, 0.15) is 0 Å². The van der Waals surface area contributed by atoms with Gasteiger partial charge in [-0.05, 0) is 38.8 Å². The number of rotatable bonds is 6. The maximum absolute atomic E-state index is 11.9. The highest BCUT2D eigenvalue weighted by molar-refractivity contribution is 6.34. The van der Waals surface area contributed by atoms with E-state index in [0.29, 0.717) is 22.1 Å². The third-order valence-electron chi connectivity index (χ3n) is 3.49. The summed E-state index contributed by atoms with van der Waals surface area (Å²) in [5.74, 6) is 1.11. The molecule has 2 rings (SSSR count). The lowest BCUT2D eigenvalue weighted by molar-refractivity contribution is 0.0993. The minimum Gasteiger partial charge on any atom is -0.493 e. The van der Waals surface area contributed by atoms with Crippen LogP contribution in [0.5, 0.6) is 11.5 Å². The quantitative estimate of drug-likeness (QED) is 0.820. The van der Waals surface area contributed by atoms with Crippen molar-refractivity contribution in [3.05, 3.63) is 22.7 Å². The molecule has 4 nitrogen and oxygen atoms in total. The van der Waals surface area contributed by atoms with E-state index in [4.69, 9.17) is 21.1 Å². The minimum atomic E-state index is -0.0665. The number of ketones is 1. The molecule has 0 bridgehead atoms. The highest BCUT2D eigenvalue weighted by Crippen LogP contribution is 2.36. The first-order chi connectivity index (χ1) is 9.65. The first-order valence-electron chi connectivity index (χ1n) is 6.87. The molecule has 0 heterocycles. The van der Waals surface area contributed by atoms with E-state index in [-0.39, 0.29) is 18.4 Å². The van der Waals surface area contributed by atoms with Gasteiger partial charge in [0.05, 0.1) is 24.8 Å². The van der Waals surface area contributed by atoms with Gasteiger partial charge in [-0.3, -0.25) is 4.79 Å². The average Bonchev–Trinajstić information content (AvgIpc) is 2.92. The van der Waals surface area contributed by atoms with Crippen LogP contribution in [-0.2, 0) is 0 Å². The van der Waals surface area contributed by atoms with Gasteiger partial charge < -0.3 is 14.8 Å². The van der Waals surface area contributed by atoms with Crippen LogP contribution in [0.2, 0.25) is 5.02 Å². The van der Waals surface area contributed by atoms with Gasteiger partial charge >= 0.3 is 0 Å². The Morgan fingerprint density at radius 3 is 2.65 bits per heavy atom. The number of Topliss-reactive ketones (excluding diaryl/α,β-unsaturated/α-hetero) is 1. The smallest absolute Gasteiger partial charge is 0.178 e. The molecule has 1 aliphatic carbocycles. The summed E-state index contributed by atoms with van der Waals surface area (Å²) < 4.78 is 11.3. The van der Waals surface area contributed by atoms with E-state index in [1.807, 2.05) is 0 Å². The van der Waals surface area contributed by atoms with Crippen molar-refractivity contribution < 1.29 is 14.3 Å². The van der Waals surface area contributed by atoms with Crippen molar-refractivity contribution in [2.45, 2.75) is 31.8 Å². The van der Waals surface area contributed by atoms with Crippen LogP contribution in [0, 0.1) is 0 Å². The van der Waals surface area contributed by atoms with Crippen molar-refractivity contribution in [2.75, 3.05) is 20.7 Å². The van der Waals surface area contributed by atoms with E-state index in [2.05, 4.69) is 5.32 Å². The normalized spacial score (nSPS) is 15.3. The van der Waals surface area contributed by atoms with E-state index in [0.717, 1.165) is 12.8 Å². The van der Waals surface area contributed by atoms with Crippen LogP contribution in [0.15, 0.2) is 12.1 Å². The monoisotopic (exact) mass is 297 g/mol. The van der Waals surface area contributed by atoms with Crippen molar-refractivity contribution in [2.24, 2.45) is 0 Å². The van der Waals surface area contributed by atoms with Crippen molar-refractivity contribution in [1.82, 2.24) is 5.32 Å². The Morgan fingerprint density at radius 2 is 2.05 bits per heavy atom. The van der Waals surface area contributed by atoms with E-state index in [1.165, 1.54) is 12.8 Å². The predicted molar refractivity (Wildman–Crippen MR) is 79.1 cm³/mol. The lowest BCUT2D eigenvalue weighted by atomic mass is 10.1. The third-order valence-corrected chi connectivity index (χ3v) is 3.80. The molecule has 20 heavy (non-hydrogen) atoms.